The molecule has 154 valence electrons. The van der Waals surface area contributed by atoms with Crippen LogP contribution in [0.4, 0.5) is 0 Å². The zero-order chi connectivity index (χ0) is 21.1. The van der Waals surface area contributed by atoms with E-state index in [0.29, 0.717) is 6.42 Å². The van der Waals surface area contributed by atoms with E-state index in [1.54, 1.807) is 13.3 Å². The summed E-state index contributed by atoms with van der Waals surface area (Å²) in [6.45, 7) is 4.68. The van der Waals surface area contributed by atoms with Gasteiger partial charge in [0.15, 0.2) is 0 Å². The molecule has 3 aromatic rings. The van der Waals surface area contributed by atoms with Crippen molar-refractivity contribution in [1.29, 1.82) is 0 Å². The maximum atomic E-state index is 13.2. The van der Waals surface area contributed by atoms with Crippen LogP contribution in [0.5, 0.6) is 5.75 Å². The Morgan fingerprint density at radius 1 is 1.13 bits per heavy atom. The van der Waals surface area contributed by atoms with Gasteiger partial charge in [-0.3, -0.25) is 9.78 Å². The lowest BCUT2D eigenvalue weighted by Gasteiger charge is -2.26. The molecule has 30 heavy (non-hydrogen) atoms. The molecule has 0 spiro atoms. The molecular weight excluding hydrogens is 376 g/mol. The van der Waals surface area contributed by atoms with E-state index in [1.807, 2.05) is 61.5 Å². The highest BCUT2D eigenvalue weighted by atomic mass is 16.5. The van der Waals surface area contributed by atoms with E-state index < -0.39 is 0 Å². The standard InChI is InChI=1S/C24H26N4O2/c1-16-14-25-11-10-20(16)21-15-26-17(2)27-24(21)22-5-4-12-28(22)23(29)13-18-6-8-19(30-3)9-7-18/h6-11,14-15,22H,4-5,12-13H2,1-3H3. The van der Waals surface area contributed by atoms with E-state index >= 15 is 0 Å². The summed E-state index contributed by atoms with van der Waals surface area (Å²) < 4.78 is 5.21. The van der Waals surface area contributed by atoms with Crippen molar-refractivity contribution < 1.29 is 9.53 Å². The Labute approximate surface area is 177 Å². The Bertz CT molecular complexity index is 1050. The quantitative estimate of drug-likeness (QED) is 0.643. The second-order valence-corrected chi connectivity index (χ2v) is 7.68. The highest BCUT2D eigenvalue weighted by molar-refractivity contribution is 5.80. The van der Waals surface area contributed by atoms with E-state index in [0.717, 1.165) is 58.9 Å². The maximum Gasteiger partial charge on any atom is 0.227 e. The lowest BCUT2D eigenvalue weighted by atomic mass is 9.97. The highest BCUT2D eigenvalue weighted by Gasteiger charge is 2.33. The predicted octanol–water partition coefficient (Wildman–Crippen LogP) is 4.07. The van der Waals surface area contributed by atoms with Gasteiger partial charge in [-0.2, -0.15) is 0 Å². The molecule has 1 aliphatic rings. The molecule has 0 aliphatic carbocycles. The molecule has 1 fully saturated rings. The molecule has 4 rings (SSSR count). The molecule has 1 aromatic carbocycles. The molecule has 0 radical (unpaired) electrons. The summed E-state index contributed by atoms with van der Waals surface area (Å²) in [6.07, 6.45) is 7.75. The lowest BCUT2D eigenvalue weighted by Crippen LogP contribution is -2.32. The highest BCUT2D eigenvalue weighted by Crippen LogP contribution is 2.37. The molecule has 0 N–H and O–H groups in total. The number of pyridine rings is 1. The fraction of sp³-hybridized carbons (Fsp3) is 0.333. The zero-order valence-corrected chi connectivity index (χ0v) is 17.6. The Morgan fingerprint density at radius 2 is 1.93 bits per heavy atom. The number of amides is 1. The van der Waals surface area contributed by atoms with Gasteiger partial charge in [0.05, 0.1) is 25.3 Å². The van der Waals surface area contributed by atoms with Gasteiger partial charge in [-0.25, -0.2) is 9.97 Å². The van der Waals surface area contributed by atoms with Crippen molar-refractivity contribution in [3.63, 3.8) is 0 Å². The first-order valence-electron chi connectivity index (χ1n) is 10.2. The molecule has 1 unspecified atom stereocenters. The fourth-order valence-corrected chi connectivity index (χ4v) is 4.09. The van der Waals surface area contributed by atoms with Gasteiger partial charge < -0.3 is 9.64 Å². The van der Waals surface area contributed by atoms with Crippen molar-refractivity contribution in [3.8, 4) is 16.9 Å². The summed E-state index contributed by atoms with van der Waals surface area (Å²) in [6, 6.07) is 9.63. The number of aromatic nitrogens is 3. The molecule has 6 nitrogen and oxygen atoms in total. The molecule has 1 aliphatic heterocycles. The van der Waals surface area contributed by atoms with Crippen LogP contribution in [0.25, 0.3) is 11.1 Å². The number of likely N-dealkylation sites (tertiary alicyclic amines) is 1. The van der Waals surface area contributed by atoms with Crippen LogP contribution in [-0.4, -0.2) is 39.4 Å². The third kappa shape index (κ3) is 4.03. The van der Waals surface area contributed by atoms with Crippen LogP contribution in [-0.2, 0) is 11.2 Å². The SMILES string of the molecule is COc1ccc(CC(=O)N2CCCC2c2nc(C)ncc2-c2ccncc2C)cc1. The summed E-state index contributed by atoms with van der Waals surface area (Å²) >= 11 is 0. The summed E-state index contributed by atoms with van der Waals surface area (Å²) in [5, 5.41) is 0. The summed E-state index contributed by atoms with van der Waals surface area (Å²) in [4.78, 5) is 28.6. The van der Waals surface area contributed by atoms with E-state index in [-0.39, 0.29) is 11.9 Å². The average molecular weight is 402 g/mol. The maximum absolute atomic E-state index is 13.2. The van der Waals surface area contributed by atoms with E-state index in [2.05, 4.69) is 9.97 Å². The topological polar surface area (TPSA) is 68.2 Å². The second kappa shape index (κ2) is 8.61. The Kier molecular flexibility index (Phi) is 5.74. The van der Waals surface area contributed by atoms with Crippen molar-refractivity contribution in [2.45, 2.75) is 39.2 Å². The van der Waals surface area contributed by atoms with Crippen LogP contribution in [0.2, 0.25) is 0 Å². The molecule has 3 heterocycles. The number of ether oxygens (including phenoxy) is 1. The number of aryl methyl sites for hydroxylation is 2. The van der Waals surface area contributed by atoms with Crippen LogP contribution >= 0.6 is 0 Å². The number of hydrogen-bond donors (Lipinski definition) is 0. The third-order valence-corrected chi connectivity index (χ3v) is 5.65. The van der Waals surface area contributed by atoms with Crippen molar-refractivity contribution in [2.75, 3.05) is 13.7 Å². The molecule has 1 amide bonds. The molecule has 1 saturated heterocycles. The zero-order valence-electron chi connectivity index (χ0n) is 17.6. The number of methoxy groups -OCH3 is 1. The minimum atomic E-state index is -0.0417. The molecule has 0 bridgehead atoms. The van der Waals surface area contributed by atoms with Crippen LogP contribution in [0.3, 0.4) is 0 Å². The van der Waals surface area contributed by atoms with Gasteiger partial charge in [-0.05, 0) is 61.6 Å². The van der Waals surface area contributed by atoms with Gasteiger partial charge in [0.25, 0.3) is 0 Å². The Balaban J connectivity index is 1.64. The lowest BCUT2D eigenvalue weighted by molar-refractivity contribution is -0.131. The smallest absolute Gasteiger partial charge is 0.227 e. The monoisotopic (exact) mass is 402 g/mol. The van der Waals surface area contributed by atoms with Gasteiger partial charge >= 0.3 is 0 Å². The van der Waals surface area contributed by atoms with Gasteiger partial charge in [0.1, 0.15) is 11.6 Å². The van der Waals surface area contributed by atoms with Gasteiger partial charge in [-0.15, -0.1) is 0 Å². The number of carbonyl (C=O) groups is 1. The number of benzene rings is 1. The van der Waals surface area contributed by atoms with Gasteiger partial charge in [0, 0.05) is 30.7 Å². The minimum absolute atomic E-state index is 0.0417. The molecule has 2 aromatic heterocycles. The molecule has 6 heteroatoms. The molecular formula is C24H26N4O2. The van der Waals surface area contributed by atoms with E-state index in [9.17, 15) is 4.79 Å². The van der Waals surface area contributed by atoms with Crippen molar-refractivity contribution in [2.24, 2.45) is 0 Å². The Hall–Kier alpha value is -3.28. The molecule has 1 atom stereocenters. The van der Waals surface area contributed by atoms with Gasteiger partial charge in [0.2, 0.25) is 5.91 Å². The number of hydrogen-bond acceptors (Lipinski definition) is 5. The van der Waals surface area contributed by atoms with Crippen LogP contribution in [0.15, 0.2) is 48.9 Å². The normalized spacial score (nSPS) is 16.0. The number of rotatable bonds is 5. The average Bonchev–Trinajstić information content (AvgIpc) is 3.25. The Morgan fingerprint density at radius 3 is 2.67 bits per heavy atom. The summed E-state index contributed by atoms with van der Waals surface area (Å²) in [5.74, 6) is 1.63. The van der Waals surface area contributed by atoms with Crippen LogP contribution in [0.1, 0.15) is 41.5 Å². The summed E-state index contributed by atoms with van der Waals surface area (Å²) in [5.41, 5.74) is 5.03. The first kappa shape index (κ1) is 20.0. The van der Waals surface area contributed by atoms with E-state index in [1.165, 1.54) is 0 Å². The molecule has 0 saturated carbocycles. The second-order valence-electron chi connectivity index (χ2n) is 7.68. The summed E-state index contributed by atoms with van der Waals surface area (Å²) in [7, 11) is 1.64. The van der Waals surface area contributed by atoms with Gasteiger partial charge in [-0.1, -0.05) is 12.1 Å². The number of carbonyl (C=O) groups excluding carboxylic acids is 1. The largest absolute Gasteiger partial charge is 0.497 e. The van der Waals surface area contributed by atoms with Crippen molar-refractivity contribution >= 4 is 5.91 Å². The van der Waals surface area contributed by atoms with Crippen LogP contribution in [0, 0.1) is 13.8 Å². The first-order chi connectivity index (χ1) is 14.6. The van der Waals surface area contributed by atoms with Crippen molar-refractivity contribution in [3.05, 3.63) is 71.6 Å². The number of nitrogens with zero attached hydrogens (tertiary/aromatic N) is 4. The minimum Gasteiger partial charge on any atom is -0.497 e. The van der Waals surface area contributed by atoms with E-state index in [4.69, 9.17) is 9.72 Å². The van der Waals surface area contributed by atoms with Crippen molar-refractivity contribution in [1.82, 2.24) is 19.9 Å². The fourth-order valence-electron chi connectivity index (χ4n) is 4.09. The van der Waals surface area contributed by atoms with Crippen LogP contribution < -0.4 is 4.74 Å². The first-order valence-corrected chi connectivity index (χ1v) is 10.2. The predicted molar refractivity (Wildman–Crippen MR) is 115 cm³/mol. The third-order valence-electron chi connectivity index (χ3n) is 5.65.